The van der Waals surface area contributed by atoms with Gasteiger partial charge in [-0.2, -0.15) is 0 Å². The van der Waals surface area contributed by atoms with Gasteiger partial charge in [-0.3, -0.25) is 4.72 Å². The maximum atomic E-state index is 12.9. The van der Waals surface area contributed by atoms with Gasteiger partial charge < -0.3 is 9.64 Å². The standard InChI is InChI=1S/C19H23FN2O3S/c1-22-12-10-19(11-13-22)25-18-8-6-17(7-9-18)21-26(23,24)14-15-2-4-16(20)5-3-15/h2-9,19,21H,10-14H2,1H3. The first-order valence-corrected chi connectivity index (χ1v) is 10.2. The number of hydrogen-bond acceptors (Lipinski definition) is 4. The van der Waals surface area contributed by atoms with Crippen molar-refractivity contribution in [3.8, 4) is 5.75 Å². The van der Waals surface area contributed by atoms with Crippen LogP contribution in [0.1, 0.15) is 18.4 Å². The molecule has 0 atom stereocenters. The zero-order valence-electron chi connectivity index (χ0n) is 14.7. The molecule has 2 aromatic rings. The lowest BCUT2D eigenvalue weighted by Crippen LogP contribution is -2.35. The molecule has 140 valence electrons. The first-order valence-electron chi connectivity index (χ1n) is 8.60. The van der Waals surface area contributed by atoms with E-state index in [1.165, 1.54) is 24.3 Å². The second-order valence-electron chi connectivity index (χ2n) is 6.63. The van der Waals surface area contributed by atoms with Crippen molar-refractivity contribution in [2.75, 3.05) is 24.9 Å². The molecule has 26 heavy (non-hydrogen) atoms. The first-order chi connectivity index (χ1) is 12.4. The Labute approximate surface area is 153 Å². The first kappa shape index (κ1) is 18.7. The number of benzene rings is 2. The highest BCUT2D eigenvalue weighted by atomic mass is 32.2. The van der Waals surface area contributed by atoms with Crippen molar-refractivity contribution in [3.63, 3.8) is 0 Å². The van der Waals surface area contributed by atoms with E-state index >= 15 is 0 Å². The SMILES string of the molecule is CN1CCC(Oc2ccc(NS(=O)(=O)Cc3ccc(F)cc3)cc2)CC1. The maximum absolute atomic E-state index is 12.9. The van der Waals surface area contributed by atoms with Crippen molar-refractivity contribution in [1.82, 2.24) is 4.90 Å². The Hall–Kier alpha value is -2.12. The van der Waals surface area contributed by atoms with E-state index in [2.05, 4.69) is 16.7 Å². The summed E-state index contributed by atoms with van der Waals surface area (Å²) in [6.45, 7) is 2.04. The van der Waals surface area contributed by atoms with Crippen LogP contribution in [0.15, 0.2) is 48.5 Å². The Morgan fingerprint density at radius 1 is 1.08 bits per heavy atom. The molecule has 1 aliphatic heterocycles. The van der Waals surface area contributed by atoms with E-state index in [4.69, 9.17) is 4.74 Å². The fourth-order valence-corrected chi connectivity index (χ4v) is 4.11. The molecule has 1 aliphatic rings. The smallest absolute Gasteiger partial charge is 0.236 e. The lowest BCUT2D eigenvalue weighted by Gasteiger charge is -2.29. The van der Waals surface area contributed by atoms with Gasteiger partial charge >= 0.3 is 0 Å². The third-order valence-corrected chi connectivity index (χ3v) is 5.63. The molecule has 0 saturated carbocycles. The van der Waals surface area contributed by atoms with Crippen LogP contribution >= 0.6 is 0 Å². The molecule has 1 saturated heterocycles. The van der Waals surface area contributed by atoms with E-state index in [9.17, 15) is 12.8 Å². The summed E-state index contributed by atoms with van der Waals surface area (Å²) in [5, 5.41) is 0. The molecule has 2 aromatic carbocycles. The monoisotopic (exact) mass is 378 g/mol. The van der Waals surface area contributed by atoms with Gasteiger partial charge in [-0.25, -0.2) is 12.8 Å². The summed E-state index contributed by atoms with van der Waals surface area (Å²) in [5.74, 6) is 0.140. The van der Waals surface area contributed by atoms with Crippen LogP contribution in [0.4, 0.5) is 10.1 Å². The van der Waals surface area contributed by atoms with Gasteiger partial charge in [0.15, 0.2) is 0 Å². The number of ether oxygens (including phenoxy) is 1. The summed E-state index contributed by atoms with van der Waals surface area (Å²) in [6.07, 6.45) is 2.18. The van der Waals surface area contributed by atoms with Gasteiger partial charge in [-0.05, 0) is 61.9 Å². The number of piperidine rings is 1. The van der Waals surface area contributed by atoms with Crippen molar-refractivity contribution in [2.24, 2.45) is 0 Å². The fraction of sp³-hybridized carbons (Fsp3) is 0.368. The Balaban J connectivity index is 1.57. The minimum Gasteiger partial charge on any atom is -0.490 e. The third kappa shape index (κ3) is 5.44. The molecule has 5 nitrogen and oxygen atoms in total. The van der Waals surface area contributed by atoms with E-state index in [0.29, 0.717) is 11.3 Å². The number of nitrogens with zero attached hydrogens (tertiary/aromatic N) is 1. The quantitative estimate of drug-likeness (QED) is 0.838. The molecule has 0 aliphatic carbocycles. The predicted octanol–water partition coefficient (Wildman–Crippen LogP) is 3.24. The van der Waals surface area contributed by atoms with Gasteiger partial charge in [-0.15, -0.1) is 0 Å². The van der Waals surface area contributed by atoms with Crippen molar-refractivity contribution in [3.05, 3.63) is 59.9 Å². The molecule has 0 spiro atoms. The second kappa shape index (κ2) is 8.05. The molecule has 0 unspecified atom stereocenters. The highest BCUT2D eigenvalue weighted by molar-refractivity contribution is 7.91. The normalized spacial score (nSPS) is 16.4. The van der Waals surface area contributed by atoms with Gasteiger partial charge in [0.05, 0.1) is 5.75 Å². The van der Waals surface area contributed by atoms with Crippen LogP contribution in [0.2, 0.25) is 0 Å². The maximum Gasteiger partial charge on any atom is 0.236 e. The number of likely N-dealkylation sites (tertiary alicyclic amines) is 1. The van der Waals surface area contributed by atoms with Crippen LogP contribution in [-0.2, 0) is 15.8 Å². The van der Waals surface area contributed by atoms with E-state index in [1.54, 1.807) is 24.3 Å². The molecule has 7 heteroatoms. The molecule has 1 fully saturated rings. The van der Waals surface area contributed by atoms with Gasteiger partial charge in [0, 0.05) is 18.8 Å². The van der Waals surface area contributed by atoms with Crippen molar-refractivity contribution < 1.29 is 17.5 Å². The molecule has 0 radical (unpaired) electrons. The fourth-order valence-electron chi connectivity index (χ4n) is 2.91. The summed E-state index contributed by atoms with van der Waals surface area (Å²) in [7, 11) is -1.47. The van der Waals surface area contributed by atoms with Gasteiger partial charge in [0.1, 0.15) is 17.7 Å². The molecule has 0 aromatic heterocycles. The number of rotatable bonds is 6. The second-order valence-corrected chi connectivity index (χ2v) is 8.35. The van der Waals surface area contributed by atoms with Gasteiger partial charge in [0.25, 0.3) is 0 Å². The summed E-state index contributed by atoms with van der Waals surface area (Å²) in [5.41, 5.74) is 1.00. The zero-order chi connectivity index (χ0) is 18.6. The molecule has 0 bridgehead atoms. The molecular weight excluding hydrogens is 355 g/mol. The summed E-state index contributed by atoms with van der Waals surface area (Å²) >= 11 is 0. The minimum atomic E-state index is -3.57. The van der Waals surface area contributed by atoms with Crippen LogP contribution < -0.4 is 9.46 Å². The number of nitrogens with one attached hydrogen (secondary N) is 1. The average Bonchev–Trinajstić information content (AvgIpc) is 2.60. The molecule has 1 heterocycles. The number of sulfonamides is 1. The molecule has 3 rings (SSSR count). The zero-order valence-corrected chi connectivity index (χ0v) is 15.5. The summed E-state index contributed by atoms with van der Waals surface area (Å²) in [4.78, 5) is 2.28. The van der Waals surface area contributed by atoms with E-state index in [-0.39, 0.29) is 17.7 Å². The van der Waals surface area contributed by atoms with Crippen LogP contribution in [0.3, 0.4) is 0 Å². The lowest BCUT2D eigenvalue weighted by atomic mass is 10.1. The number of anilines is 1. The molecule has 0 amide bonds. The van der Waals surface area contributed by atoms with E-state index in [0.717, 1.165) is 31.7 Å². The van der Waals surface area contributed by atoms with Crippen LogP contribution in [0.25, 0.3) is 0 Å². The third-order valence-electron chi connectivity index (χ3n) is 4.37. The molecular formula is C19H23FN2O3S. The van der Waals surface area contributed by atoms with Crippen LogP contribution in [-0.4, -0.2) is 39.6 Å². The van der Waals surface area contributed by atoms with E-state index in [1.807, 2.05) is 0 Å². The number of hydrogen-bond donors (Lipinski definition) is 1. The average molecular weight is 378 g/mol. The Morgan fingerprint density at radius 2 is 1.69 bits per heavy atom. The van der Waals surface area contributed by atoms with Crippen molar-refractivity contribution >= 4 is 15.7 Å². The Morgan fingerprint density at radius 3 is 2.31 bits per heavy atom. The topological polar surface area (TPSA) is 58.6 Å². The number of halogens is 1. The highest BCUT2D eigenvalue weighted by Crippen LogP contribution is 2.22. The van der Waals surface area contributed by atoms with Crippen molar-refractivity contribution in [1.29, 1.82) is 0 Å². The predicted molar refractivity (Wildman–Crippen MR) is 100 cm³/mol. The van der Waals surface area contributed by atoms with E-state index < -0.39 is 10.0 Å². The lowest BCUT2D eigenvalue weighted by molar-refractivity contribution is 0.114. The summed E-state index contributed by atoms with van der Waals surface area (Å²) in [6, 6.07) is 12.3. The minimum absolute atomic E-state index is 0.201. The highest BCUT2D eigenvalue weighted by Gasteiger charge is 2.18. The van der Waals surface area contributed by atoms with Gasteiger partial charge in [-0.1, -0.05) is 12.1 Å². The van der Waals surface area contributed by atoms with Gasteiger partial charge in [0.2, 0.25) is 10.0 Å². The molecule has 1 N–H and O–H groups in total. The largest absolute Gasteiger partial charge is 0.490 e. The van der Waals surface area contributed by atoms with Crippen LogP contribution in [0.5, 0.6) is 5.75 Å². The summed E-state index contributed by atoms with van der Waals surface area (Å²) < 4.78 is 45.9. The van der Waals surface area contributed by atoms with Crippen LogP contribution in [0, 0.1) is 5.82 Å². The Kier molecular flexibility index (Phi) is 5.78. The van der Waals surface area contributed by atoms with Crippen molar-refractivity contribution in [2.45, 2.75) is 24.7 Å². The Bertz CT molecular complexity index is 815.